The fourth-order valence-corrected chi connectivity index (χ4v) is 4.10. The molecule has 0 heterocycles. The van der Waals surface area contributed by atoms with Crippen LogP contribution in [0.1, 0.15) is 28.4 Å². The molecule has 1 N–H and O–H groups in total. The molecular formula is C27H28N2O4S. The minimum absolute atomic E-state index is 0.131. The Morgan fingerprint density at radius 3 is 2.29 bits per heavy atom. The number of carbonyl (C=O) groups excluding carboxylic acids is 3. The zero-order chi connectivity index (χ0) is 24.5. The number of nitrogens with one attached hydrogen (secondary N) is 1. The zero-order valence-electron chi connectivity index (χ0n) is 19.5. The second-order valence-corrected chi connectivity index (χ2v) is 8.94. The average molecular weight is 477 g/mol. The summed E-state index contributed by atoms with van der Waals surface area (Å²) in [5.74, 6) is -0.939. The van der Waals surface area contributed by atoms with Gasteiger partial charge in [-0.05, 0) is 43.7 Å². The number of anilines is 1. The monoisotopic (exact) mass is 476 g/mol. The first-order valence-corrected chi connectivity index (χ1v) is 11.9. The summed E-state index contributed by atoms with van der Waals surface area (Å²) in [7, 11) is 1.68. The minimum atomic E-state index is -0.941. The lowest BCUT2D eigenvalue weighted by Crippen LogP contribution is -2.37. The number of amides is 2. The molecule has 0 bridgehead atoms. The third-order valence-corrected chi connectivity index (χ3v) is 6.14. The molecule has 0 aliphatic rings. The molecule has 1 atom stereocenters. The quantitative estimate of drug-likeness (QED) is 0.350. The van der Waals surface area contributed by atoms with Gasteiger partial charge in [0, 0.05) is 24.2 Å². The van der Waals surface area contributed by atoms with E-state index in [0.29, 0.717) is 17.0 Å². The van der Waals surface area contributed by atoms with Crippen LogP contribution in [0.25, 0.3) is 0 Å². The predicted molar refractivity (Wildman–Crippen MR) is 135 cm³/mol. The van der Waals surface area contributed by atoms with Gasteiger partial charge >= 0.3 is 5.97 Å². The maximum atomic E-state index is 12.8. The van der Waals surface area contributed by atoms with E-state index in [2.05, 4.69) is 5.32 Å². The van der Waals surface area contributed by atoms with Crippen molar-refractivity contribution >= 4 is 35.2 Å². The molecule has 0 radical (unpaired) electrons. The lowest BCUT2D eigenvalue weighted by Gasteiger charge is -2.22. The van der Waals surface area contributed by atoms with Crippen molar-refractivity contribution in [1.29, 1.82) is 0 Å². The Labute approximate surface area is 204 Å². The largest absolute Gasteiger partial charge is 0.449 e. The van der Waals surface area contributed by atoms with Gasteiger partial charge in [0.1, 0.15) is 0 Å². The van der Waals surface area contributed by atoms with Gasteiger partial charge < -0.3 is 15.0 Å². The summed E-state index contributed by atoms with van der Waals surface area (Å²) in [6.07, 6.45) is -0.941. The van der Waals surface area contributed by atoms with Gasteiger partial charge in [0.25, 0.3) is 5.91 Å². The Morgan fingerprint density at radius 2 is 1.59 bits per heavy atom. The second-order valence-electron chi connectivity index (χ2n) is 7.93. The number of carbonyl (C=O) groups is 3. The third kappa shape index (κ3) is 7.22. The zero-order valence-corrected chi connectivity index (χ0v) is 20.3. The topological polar surface area (TPSA) is 75.7 Å². The van der Waals surface area contributed by atoms with E-state index in [1.165, 1.54) is 16.7 Å². The molecule has 34 heavy (non-hydrogen) atoms. The van der Waals surface area contributed by atoms with E-state index in [4.69, 9.17) is 4.74 Å². The van der Waals surface area contributed by atoms with Gasteiger partial charge in [-0.25, -0.2) is 4.79 Å². The maximum absolute atomic E-state index is 12.8. The number of hydrogen-bond donors (Lipinski definition) is 1. The molecule has 6 nitrogen and oxygen atoms in total. The highest BCUT2D eigenvalue weighted by Crippen LogP contribution is 2.24. The van der Waals surface area contributed by atoms with Crippen LogP contribution in [0.2, 0.25) is 0 Å². The number of nitrogens with zero attached hydrogens (tertiary/aromatic N) is 1. The van der Waals surface area contributed by atoms with Crippen LogP contribution in [0.4, 0.5) is 5.69 Å². The standard InChI is InChI=1S/C27H28N2O4S/c1-19-13-15-22(16-14-19)28-25(30)18-34-24-12-8-7-11-23(24)27(32)33-20(2)26(31)29(3)17-21-9-5-4-6-10-21/h4-16,20H,17-18H2,1-3H3,(H,28,30). The molecule has 7 heteroatoms. The van der Waals surface area contributed by atoms with Gasteiger partial charge in [-0.1, -0.05) is 60.2 Å². The van der Waals surface area contributed by atoms with Crippen LogP contribution in [-0.4, -0.2) is 41.6 Å². The number of thioether (sulfide) groups is 1. The van der Waals surface area contributed by atoms with Crippen LogP contribution in [0.5, 0.6) is 0 Å². The lowest BCUT2D eigenvalue weighted by molar-refractivity contribution is -0.139. The smallest absolute Gasteiger partial charge is 0.340 e. The molecular weight excluding hydrogens is 448 g/mol. The first kappa shape index (κ1) is 25.1. The SMILES string of the molecule is Cc1ccc(NC(=O)CSc2ccccc2C(=O)OC(C)C(=O)N(C)Cc2ccccc2)cc1. The molecule has 1 unspecified atom stereocenters. The van der Waals surface area contributed by atoms with Gasteiger partial charge in [-0.3, -0.25) is 9.59 Å². The van der Waals surface area contributed by atoms with E-state index in [1.54, 1.807) is 38.2 Å². The van der Waals surface area contributed by atoms with E-state index < -0.39 is 12.1 Å². The highest BCUT2D eigenvalue weighted by molar-refractivity contribution is 8.00. The minimum Gasteiger partial charge on any atom is -0.449 e. The number of esters is 1. The summed E-state index contributed by atoms with van der Waals surface area (Å²) in [5.41, 5.74) is 3.14. The van der Waals surface area contributed by atoms with E-state index >= 15 is 0 Å². The summed E-state index contributed by atoms with van der Waals surface area (Å²) in [4.78, 5) is 40.0. The Kier molecular flexibility index (Phi) is 8.87. The number of rotatable bonds is 9. The number of hydrogen-bond acceptors (Lipinski definition) is 5. The van der Waals surface area contributed by atoms with Crippen LogP contribution >= 0.6 is 11.8 Å². The van der Waals surface area contributed by atoms with Crippen LogP contribution < -0.4 is 5.32 Å². The van der Waals surface area contributed by atoms with Crippen molar-refractivity contribution in [2.75, 3.05) is 18.1 Å². The van der Waals surface area contributed by atoms with Crippen molar-refractivity contribution in [1.82, 2.24) is 4.90 Å². The Balaban J connectivity index is 1.57. The molecule has 0 fully saturated rings. The highest BCUT2D eigenvalue weighted by atomic mass is 32.2. The van der Waals surface area contributed by atoms with Crippen LogP contribution in [0.15, 0.2) is 83.8 Å². The van der Waals surface area contributed by atoms with Gasteiger partial charge in [-0.15, -0.1) is 11.8 Å². The first-order chi connectivity index (χ1) is 16.3. The lowest BCUT2D eigenvalue weighted by atomic mass is 10.2. The first-order valence-electron chi connectivity index (χ1n) is 10.9. The molecule has 0 aromatic heterocycles. The summed E-state index contributed by atoms with van der Waals surface area (Å²) in [5, 5.41) is 2.84. The summed E-state index contributed by atoms with van der Waals surface area (Å²) >= 11 is 1.24. The van der Waals surface area contributed by atoms with Crippen molar-refractivity contribution in [2.45, 2.75) is 31.4 Å². The van der Waals surface area contributed by atoms with Crippen molar-refractivity contribution < 1.29 is 19.1 Å². The van der Waals surface area contributed by atoms with Crippen molar-refractivity contribution in [3.05, 3.63) is 95.6 Å². The molecule has 0 saturated carbocycles. The number of ether oxygens (including phenoxy) is 1. The average Bonchev–Trinajstić information content (AvgIpc) is 2.84. The van der Waals surface area contributed by atoms with E-state index in [1.807, 2.05) is 61.5 Å². The van der Waals surface area contributed by atoms with E-state index in [9.17, 15) is 14.4 Å². The maximum Gasteiger partial charge on any atom is 0.340 e. The number of likely N-dealkylation sites (N-methyl/N-ethyl adjacent to an activating group) is 1. The summed E-state index contributed by atoms with van der Waals surface area (Å²) in [6, 6.07) is 24.0. The van der Waals surface area contributed by atoms with E-state index in [-0.39, 0.29) is 17.6 Å². The number of benzene rings is 3. The molecule has 3 aromatic rings. The van der Waals surface area contributed by atoms with Crippen LogP contribution in [0.3, 0.4) is 0 Å². The second kappa shape index (κ2) is 12.0. The molecule has 3 aromatic carbocycles. The molecule has 0 aliphatic carbocycles. The summed E-state index contributed by atoms with van der Waals surface area (Å²) in [6.45, 7) is 3.96. The molecule has 0 saturated heterocycles. The normalized spacial score (nSPS) is 11.4. The third-order valence-electron chi connectivity index (χ3n) is 5.07. The number of aryl methyl sites for hydroxylation is 1. The van der Waals surface area contributed by atoms with Crippen molar-refractivity contribution in [3.8, 4) is 0 Å². The van der Waals surface area contributed by atoms with E-state index in [0.717, 1.165) is 16.8 Å². The summed E-state index contributed by atoms with van der Waals surface area (Å²) < 4.78 is 5.47. The Bertz CT molecular complexity index is 1130. The fourth-order valence-electron chi connectivity index (χ4n) is 3.26. The fraction of sp³-hybridized carbons (Fsp3) is 0.222. The molecule has 0 aliphatic heterocycles. The molecule has 2 amide bonds. The Morgan fingerprint density at radius 1 is 0.941 bits per heavy atom. The van der Waals surface area contributed by atoms with Gasteiger partial charge in [0.05, 0.1) is 11.3 Å². The molecule has 0 spiro atoms. The highest BCUT2D eigenvalue weighted by Gasteiger charge is 2.24. The predicted octanol–water partition coefficient (Wildman–Crippen LogP) is 4.93. The van der Waals surface area contributed by atoms with Crippen LogP contribution in [-0.2, 0) is 20.9 Å². The van der Waals surface area contributed by atoms with Gasteiger partial charge in [-0.2, -0.15) is 0 Å². The Hall–Kier alpha value is -3.58. The van der Waals surface area contributed by atoms with Crippen LogP contribution in [0, 0.1) is 6.92 Å². The van der Waals surface area contributed by atoms with Crippen molar-refractivity contribution in [3.63, 3.8) is 0 Å². The molecule has 3 rings (SSSR count). The van der Waals surface area contributed by atoms with Crippen molar-refractivity contribution in [2.24, 2.45) is 0 Å². The van der Waals surface area contributed by atoms with Gasteiger partial charge in [0.15, 0.2) is 6.10 Å². The molecule has 176 valence electrons. The van der Waals surface area contributed by atoms with Gasteiger partial charge in [0.2, 0.25) is 5.91 Å².